The molecule has 15 heavy (non-hydrogen) atoms. The standard InChI is InChI=1S/C13H25NO/c1-10(2)12-5-4-6-13(7-12)9-14-8-11(3)15-13/h10-12,14H,4-9H2,1-3H3. The Morgan fingerprint density at radius 3 is 2.87 bits per heavy atom. The van der Waals surface area contributed by atoms with Crippen molar-refractivity contribution in [1.29, 1.82) is 0 Å². The van der Waals surface area contributed by atoms with E-state index in [1.165, 1.54) is 25.7 Å². The van der Waals surface area contributed by atoms with Gasteiger partial charge in [0, 0.05) is 13.1 Å². The molecule has 1 N–H and O–H groups in total. The van der Waals surface area contributed by atoms with E-state index in [4.69, 9.17) is 4.74 Å². The average molecular weight is 211 g/mol. The van der Waals surface area contributed by atoms with Crippen LogP contribution in [0.3, 0.4) is 0 Å². The molecule has 1 aliphatic heterocycles. The highest BCUT2D eigenvalue weighted by atomic mass is 16.5. The number of hydrogen-bond donors (Lipinski definition) is 1. The van der Waals surface area contributed by atoms with E-state index in [9.17, 15) is 0 Å². The summed E-state index contributed by atoms with van der Waals surface area (Å²) in [6, 6.07) is 0. The van der Waals surface area contributed by atoms with E-state index >= 15 is 0 Å². The predicted molar refractivity (Wildman–Crippen MR) is 62.9 cm³/mol. The zero-order valence-electron chi connectivity index (χ0n) is 10.4. The third kappa shape index (κ3) is 2.54. The molecule has 1 saturated carbocycles. The Balaban J connectivity index is 2.01. The van der Waals surface area contributed by atoms with Crippen molar-refractivity contribution in [3.05, 3.63) is 0 Å². The van der Waals surface area contributed by atoms with Gasteiger partial charge in [-0.3, -0.25) is 0 Å². The molecule has 2 heteroatoms. The molecule has 0 amide bonds. The van der Waals surface area contributed by atoms with Gasteiger partial charge in [-0.1, -0.05) is 20.3 Å². The number of rotatable bonds is 1. The Kier molecular flexibility index (Phi) is 3.36. The second-order valence-corrected chi connectivity index (χ2v) is 5.84. The topological polar surface area (TPSA) is 21.3 Å². The molecule has 0 radical (unpaired) electrons. The van der Waals surface area contributed by atoms with Crippen LogP contribution in [-0.4, -0.2) is 24.8 Å². The van der Waals surface area contributed by atoms with E-state index in [-0.39, 0.29) is 5.60 Å². The summed E-state index contributed by atoms with van der Waals surface area (Å²) in [7, 11) is 0. The third-order valence-corrected chi connectivity index (χ3v) is 4.11. The van der Waals surface area contributed by atoms with Crippen LogP contribution in [0.4, 0.5) is 0 Å². The molecular formula is C13H25NO. The van der Waals surface area contributed by atoms with Crippen LogP contribution < -0.4 is 5.32 Å². The molecule has 88 valence electrons. The summed E-state index contributed by atoms with van der Waals surface area (Å²) in [5, 5.41) is 3.53. The van der Waals surface area contributed by atoms with Gasteiger partial charge in [0.25, 0.3) is 0 Å². The summed E-state index contributed by atoms with van der Waals surface area (Å²) in [4.78, 5) is 0. The number of nitrogens with one attached hydrogen (secondary N) is 1. The van der Waals surface area contributed by atoms with E-state index < -0.39 is 0 Å². The predicted octanol–water partition coefficient (Wildman–Crippen LogP) is 2.58. The molecule has 3 atom stereocenters. The van der Waals surface area contributed by atoms with Crippen LogP contribution in [0, 0.1) is 11.8 Å². The Labute approximate surface area is 93.8 Å². The molecule has 0 aromatic carbocycles. The quantitative estimate of drug-likeness (QED) is 0.720. The van der Waals surface area contributed by atoms with Gasteiger partial charge in [0.1, 0.15) is 0 Å². The fourth-order valence-corrected chi connectivity index (χ4v) is 3.22. The molecule has 0 aromatic heterocycles. The molecule has 2 rings (SSSR count). The van der Waals surface area contributed by atoms with Gasteiger partial charge in [0.05, 0.1) is 11.7 Å². The van der Waals surface area contributed by atoms with E-state index in [2.05, 4.69) is 26.1 Å². The summed E-state index contributed by atoms with van der Waals surface area (Å²) in [6.45, 7) is 8.98. The lowest BCUT2D eigenvalue weighted by Crippen LogP contribution is -2.55. The van der Waals surface area contributed by atoms with Crippen LogP contribution in [0.2, 0.25) is 0 Å². The van der Waals surface area contributed by atoms with E-state index in [0.29, 0.717) is 6.10 Å². The zero-order valence-corrected chi connectivity index (χ0v) is 10.4. The number of hydrogen-bond acceptors (Lipinski definition) is 2. The highest BCUT2D eigenvalue weighted by Gasteiger charge is 2.40. The van der Waals surface area contributed by atoms with Crippen LogP contribution in [0.5, 0.6) is 0 Å². The van der Waals surface area contributed by atoms with Gasteiger partial charge in [0.2, 0.25) is 0 Å². The van der Waals surface area contributed by atoms with Crippen molar-refractivity contribution in [2.45, 2.75) is 58.2 Å². The monoisotopic (exact) mass is 211 g/mol. The van der Waals surface area contributed by atoms with Crippen molar-refractivity contribution in [2.24, 2.45) is 11.8 Å². The lowest BCUT2D eigenvalue weighted by atomic mass is 9.73. The Morgan fingerprint density at radius 2 is 2.20 bits per heavy atom. The highest BCUT2D eigenvalue weighted by Crippen LogP contribution is 2.39. The first-order chi connectivity index (χ1) is 7.11. The van der Waals surface area contributed by atoms with Gasteiger partial charge in [-0.05, 0) is 38.0 Å². The van der Waals surface area contributed by atoms with Gasteiger partial charge in [-0.25, -0.2) is 0 Å². The SMILES string of the molecule is CC1CNCC2(CCCC(C(C)C)C2)O1. The molecule has 2 nitrogen and oxygen atoms in total. The van der Waals surface area contributed by atoms with Crippen LogP contribution in [0.25, 0.3) is 0 Å². The summed E-state index contributed by atoms with van der Waals surface area (Å²) in [6.07, 6.45) is 5.66. The van der Waals surface area contributed by atoms with Crippen LogP contribution >= 0.6 is 0 Å². The molecule has 1 spiro atoms. The lowest BCUT2D eigenvalue weighted by molar-refractivity contribution is -0.139. The van der Waals surface area contributed by atoms with E-state index in [1.54, 1.807) is 0 Å². The fourth-order valence-electron chi connectivity index (χ4n) is 3.22. The van der Waals surface area contributed by atoms with Gasteiger partial charge < -0.3 is 10.1 Å². The second kappa shape index (κ2) is 4.42. The molecule has 1 saturated heterocycles. The van der Waals surface area contributed by atoms with Crippen molar-refractivity contribution < 1.29 is 4.74 Å². The molecule has 3 unspecified atom stereocenters. The Morgan fingerprint density at radius 1 is 1.40 bits per heavy atom. The van der Waals surface area contributed by atoms with Gasteiger partial charge >= 0.3 is 0 Å². The van der Waals surface area contributed by atoms with Gasteiger partial charge in [0.15, 0.2) is 0 Å². The molecule has 1 heterocycles. The summed E-state index contributed by atoms with van der Waals surface area (Å²) in [5.41, 5.74) is 0.171. The minimum absolute atomic E-state index is 0.171. The first-order valence-electron chi connectivity index (χ1n) is 6.50. The third-order valence-electron chi connectivity index (χ3n) is 4.11. The Bertz CT molecular complexity index is 213. The first kappa shape index (κ1) is 11.4. The van der Waals surface area contributed by atoms with Crippen molar-refractivity contribution in [3.8, 4) is 0 Å². The van der Waals surface area contributed by atoms with E-state index in [0.717, 1.165) is 24.9 Å². The van der Waals surface area contributed by atoms with Crippen molar-refractivity contribution in [2.75, 3.05) is 13.1 Å². The van der Waals surface area contributed by atoms with Gasteiger partial charge in [-0.15, -0.1) is 0 Å². The summed E-state index contributed by atoms with van der Waals surface area (Å²) < 4.78 is 6.23. The lowest BCUT2D eigenvalue weighted by Gasteiger charge is -2.46. The second-order valence-electron chi connectivity index (χ2n) is 5.84. The maximum atomic E-state index is 6.23. The average Bonchev–Trinajstić information content (AvgIpc) is 2.17. The van der Waals surface area contributed by atoms with Gasteiger partial charge in [-0.2, -0.15) is 0 Å². The largest absolute Gasteiger partial charge is 0.369 e. The zero-order chi connectivity index (χ0) is 10.9. The van der Waals surface area contributed by atoms with Crippen molar-refractivity contribution in [3.63, 3.8) is 0 Å². The first-order valence-corrected chi connectivity index (χ1v) is 6.50. The van der Waals surface area contributed by atoms with Crippen LogP contribution in [-0.2, 0) is 4.74 Å². The molecule has 0 aromatic rings. The molecule has 0 bridgehead atoms. The minimum Gasteiger partial charge on any atom is -0.369 e. The maximum absolute atomic E-state index is 6.23. The summed E-state index contributed by atoms with van der Waals surface area (Å²) in [5.74, 6) is 1.67. The van der Waals surface area contributed by atoms with E-state index in [1.807, 2.05) is 0 Å². The maximum Gasteiger partial charge on any atom is 0.0813 e. The smallest absolute Gasteiger partial charge is 0.0813 e. The molecule has 2 aliphatic rings. The Hall–Kier alpha value is -0.0800. The minimum atomic E-state index is 0.171. The van der Waals surface area contributed by atoms with Crippen LogP contribution in [0.15, 0.2) is 0 Å². The number of ether oxygens (including phenoxy) is 1. The molecule has 2 fully saturated rings. The fraction of sp³-hybridized carbons (Fsp3) is 1.00. The van der Waals surface area contributed by atoms with Crippen molar-refractivity contribution in [1.82, 2.24) is 5.32 Å². The normalized spacial score (nSPS) is 42.4. The van der Waals surface area contributed by atoms with Crippen LogP contribution in [0.1, 0.15) is 46.5 Å². The summed E-state index contributed by atoms with van der Waals surface area (Å²) >= 11 is 0. The molecule has 1 aliphatic carbocycles. The molecular weight excluding hydrogens is 186 g/mol. The van der Waals surface area contributed by atoms with Crippen molar-refractivity contribution >= 4 is 0 Å². The number of morpholine rings is 1. The highest BCUT2D eigenvalue weighted by molar-refractivity contribution is 4.94.